The van der Waals surface area contributed by atoms with Crippen LogP contribution >= 0.6 is 0 Å². The largest absolute Gasteiger partial charge is 0.394 e. The molecule has 0 aromatic rings. The van der Waals surface area contributed by atoms with Crippen molar-refractivity contribution in [2.45, 2.75) is 345 Å². The van der Waals surface area contributed by atoms with Gasteiger partial charge < -0.3 is 50.5 Å². The topological polar surface area (TPSA) is 189 Å². The Morgan fingerprint density at radius 1 is 0.486 bits per heavy atom. The number of hydrogen-bond acceptors (Lipinski definition) is 10. The van der Waals surface area contributed by atoms with E-state index in [2.05, 4.69) is 31.3 Å². The maximum Gasteiger partial charge on any atom is 0.249 e. The minimum Gasteiger partial charge on any atom is -0.394 e. The van der Waals surface area contributed by atoms with E-state index in [-0.39, 0.29) is 6.42 Å². The zero-order chi connectivity index (χ0) is 51.1. The molecule has 9 atom stereocenters. The van der Waals surface area contributed by atoms with Gasteiger partial charge in [-0.25, -0.2) is 0 Å². The van der Waals surface area contributed by atoms with Crippen LogP contribution in [-0.2, 0) is 14.3 Å². The number of hydrogen-bond donors (Lipinski definition) is 8. The molecule has 1 amide bonds. The molecule has 1 heterocycles. The van der Waals surface area contributed by atoms with Crippen LogP contribution in [0.15, 0.2) is 12.2 Å². The summed E-state index contributed by atoms with van der Waals surface area (Å²) in [4.78, 5) is 13.2. The Morgan fingerprint density at radius 3 is 1.20 bits per heavy atom. The molecule has 416 valence electrons. The van der Waals surface area contributed by atoms with Crippen LogP contribution in [0.3, 0.4) is 0 Å². The average Bonchev–Trinajstić information content (AvgIpc) is 3.36. The Kier molecular flexibility index (Phi) is 46.6. The molecule has 1 fully saturated rings. The Balaban J connectivity index is 2.25. The number of amides is 1. The van der Waals surface area contributed by atoms with Crippen LogP contribution in [0.25, 0.3) is 0 Å². The van der Waals surface area contributed by atoms with Crippen molar-refractivity contribution in [3.8, 4) is 0 Å². The lowest BCUT2D eigenvalue weighted by molar-refractivity contribution is -0.303. The smallest absolute Gasteiger partial charge is 0.249 e. The van der Waals surface area contributed by atoms with E-state index in [1.807, 2.05) is 0 Å². The lowest BCUT2D eigenvalue weighted by atomic mass is 9.98. The highest BCUT2D eigenvalue weighted by Crippen LogP contribution is 2.24. The van der Waals surface area contributed by atoms with Crippen LogP contribution in [0.2, 0.25) is 0 Å². The molecule has 0 aromatic carbocycles. The fourth-order valence-electron chi connectivity index (χ4n) is 9.91. The minimum absolute atomic E-state index is 0.262. The third kappa shape index (κ3) is 36.7. The van der Waals surface area contributed by atoms with Crippen LogP contribution in [0.4, 0.5) is 0 Å². The van der Waals surface area contributed by atoms with Crippen molar-refractivity contribution in [3.63, 3.8) is 0 Å². The van der Waals surface area contributed by atoms with Crippen molar-refractivity contribution >= 4 is 5.91 Å². The second-order valence-electron chi connectivity index (χ2n) is 21.4. The van der Waals surface area contributed by atoms with Gasteiger partial charge in [0.1, 0.15) is 36.6 Å². The van der Waals surface area contributed by atoms with E-state index in [9.17, 15) is 40.5 Å². The van der Waals surface area contributed by atoms with Gasteiger partial charge in [-0.2, -0.15) is 0 Å². The number of nitrogens with one attached hydrogen (secondary N) is 1. The highest BCUT2D eigenvalue weighted by molar-refractivity contribution is 5.80. The number of aliphatic hydroxyl groups excluding tert-OH is 7. The van der Waals surface area contributed by atoms with Gasteiger partial charge in [-0.1, -0.05) is 264 Å². The zero-order valence-corrected chi connectivity index (χ0v) is 45.5. The predicted molar refractivity (Wildman–Crippen MR) is 289 cm³/mol. The van der Waals surface area contributed by atoms with Gasteiger partial charge in [0.25, 0.3) is 0 Å². The minimum atomic E-state index is -1.66. The second kappa shape index (κ2) is 48.8. The first-order valence-electron chi connectivity index (χ1n) is 30.1. The van der Waals surface area contributed by atoms with Gasteiger partial charge in [-0.3, -0.25) is 4.79 Å². The number of ether oxygens (including phenoxy) is 2. The average molecular weight is 999 g/mol. The van der Waals surface area contributed by atoms with Crippen molar-refractivity contribution in [2.24, 2.45) is 0 Å². The maximum atomic E-state index is 13.2. The standard InChI is InChI=1S/C59H115NO10/c1-3-5-7-9-11-13-15-17-19-21-22-23-24-25-26-27-28-29-30-31-33-35-37-39-41-43-45-47-52(63)58(68)60-50(49-69-59-57(67)56(66)55(65)53(48-61)70-59)54(64)51(62)46-44-42-40-38-36-34-32-20-18-16-14-12-10-8-6-4-2/h25-26,50-57,59,61-67H,3-24,27-49H2,1-2H3,(H,60,68)/b26-25-. The number of rotatable bonds is 52. The van der Waals surface area contributed by atoms with Crippen LogP contribution < -0.4 is 5.32 Å². The number of unbranched alkanes of at least 4 members (excludes halogenated alkanes) is 38. The summed E-state index contributed by atoms with van der Waals surface area (Å²) in [5.74, 6) is -0.693. The Morgan fingerprint density at radius 2 is 0.829 bits per heavy atom. The first-order chi connectivity index (χ1) is 34.2. The van der Waals surface area contributed by atoms with E-state index >= 15 is 0 Å². The van der Waals surface area contributed by atoms with Gasteiger partial charge in [0.05, 0.1) is 25.4 Å². The van der Waals surface area contributed by atoms with E-state index < -0.39 is 74.2 Å². The molecule has 1 aliphatic heterocycles. The molecule has 11 nitrogen and oxygen atoms in total. The quantitative estimate of drug-likeness (QED) is 0.0215. The Hall–Kier alpha value is -1.15. The molecule has 0 bridgehead atoms. The Labute approximate surface area is 430 Å². The highest BCUT2D eigenvalue weighted by Gasteiger charge is 2.44. The molecule has 1 saturated heterocycles. The molecule has 0 radical (unpaired) electrons. The van der Waals surface area contributed by atoms with E-state index in [0.29, 0.717) is 19.3 Å². The summed E-state index contributed by atoms with van der Waals surface area (Å²) < 4.78 is 11.2. The van der Waals surface area contributed by atoms with Gasteiger partial charge in [0.2, 0.25) is 5.91 Å². The normalized spacial score (nSPS) is 20.3. The molecule has 0 spiro atoms. The molecule has 9 unspecified atom stereocenters. The molecule has 11 heteroatoms. The van der Waals surface area contributed by atoms with Gasteiger partial charge in [0, 0.05) is 0 Å². The first kappa shape index (κ1) is 66.9. The van der Waals surface area contributed by atoms with Crippen molar-refractivity contribution < 1.29 is 50.0 Å². The summed E-state index contributed by atoms with van der Waals surface area (Å²) in [6, 6.07) is -1.17. The molecule has 8 N–H and O–H groups in total. The number of allylic oxidation sites excluding steroid dienone is 2. The van der Waals surface area contributed by atoms with E-state index in [1.54, 1.807) is 0 Å². The first-order valence-corrected chi connectivity index (χ1v) is 30.1. The third-order valence-electron chi connectivity index (χ3n) is 14.8. The fourth-order valence-corrected chi connectivity index (χ4v) is 9.91. The fraction of sp³-hybridized carbons (Fsp3) is 0.949. The van der Waals surface area contributed by atoms with Crippen LogP contribution in [0.5, 0.6) is 0 Å². The SMILES string of the molecule is CCCCCCCCCCCCCC/C=C\CCCCCCCCCCCCCC(O)C(=O)NC(COC1OC(CO)C(O)C(O)C1O)C(O)C(O)CCCCCCCCCCCCCCCCCC. The second-order valence-corrected chi connectivity index (χ2v) is 21.4. The summed E-state index contributed by atoms with van der Waals surface area (Å²) in [5, 5.41) is 76.2. The number of carbonyl (C=O) groups excluding carboxylic acids is 1. The summed E-state index contributed by atoms with van der Waals surface area (Å²) in [7, 11) is 0. The van der Waals surface area contributed by atoms with Crippen LogP contribution in [0, 0.1) is 0 Å². The summed E-state index contributed by atoms with van der Waals surface area (Å²) in [5.41, 5.74) is 0. The van der Waals surface area contributed by atoms with Crippen LogP contribution in [0.1, 0.15) is 290 Å². The van der Waals surface area contributed by atoms with Crippen LogP contribution in [-0.4, -0.2) is 110 Å². The molecule has 0 aromatic heterocycles. The molecule has 1 rings (SSSR count). The third-order valence-corrected chi connectivity index (χ3v) is 14.8. The predicted octanol–water partition coefficient (Wildman–Crippen LogP) is 12.7. The molecule has 0 aliphatic carbocycles. The maximum absolute atomic E-state index is 13.2. The number of aliphatic hydroxyl groups is 7. The van der Waals surface area contributed by atoms with Crippen molar-refractivity contribution in [1.82, 2.24) is 5.32 Å². The van der Waals surface area contributed by atoms with Crippen molar-refractivity contribution in [1.29, 1.82) is 0 Å². The van der Waals surface area contributed by atoms with Crippen molar-refractivity contribution in [3.05, 3.63) is 12.2 Å². The lowest BCUT2D eigenvalue weighted by Crippen LogP contribution is -2.60. The van der Waals surface area contributed by atoms with E-state index in [4.69, 9.17) is 9.47 Å². The van der Waals surface area contributed by atoms with Gasteiger partial charge in [0.15, 0.2) is 6.29 Å². The summed E-state index contributed by atoms with van der Waals surface area (Å²) >= 11 is 0. The van der Waals surface area contributed by atoms with Gasteiger partial charge in [-0.05, 0) is 38.5 Å². The van der Waals surface area contributed by atoms with E-state index in [1.165, 1.54) is 212 Å². The lowest BCUT2D eigenvalue weighted by Gasteiger charge is -2.40. The molecular weight excluding hydrogens is 883 g/mol. The summed E-state index contributed by atoms with van der Waals surface area (Å²) in [6.45, 7) is 3.49. The van der Waals surface area contributed by atoms with Gasteiger partial charge in [-0.15, -0.1) is 0 Å². The highest BCUT2D eigenvalue weighted by atomic mass is 16.7. The monoisotopic (exact) mass is 998 g/mol. The van der Waals surface area contributed by atoms with Gasteiger partial charge >= 0.3 is 0 Å². The zero-order valence-electron chi connectivity index (χ0n) is 45.5. The van der Waals surface area contributed by atoms with E-state index in [0.717, 1.165) is 38.5 Å². The Bertz CT molecular complexity index is 1140. The molecular formula is C59H115NO10. The summed E-state index contributed by atoms with van der Waals surface area (Å²) in [6.07, 6.45) is 45.5. The number of carbonyl (C=O) groups is 1. The van der Waals surface area contributed by atoms with Crippen molar-refractivity contribution in [2.75, 3.05) is 13.2 Å². The molecule has 70 heavy (non-hydrogen) atoms. The molecule has 0 saturated carbocycles. The molecule has 1 aliphatic rings.